The number of hydrogen-bond donors (Lipinski definition) is 0. The van der Waals surface area contributed by atoms with Crippen molar-refractivity contribution in [2.45, 2.75) is 49.7 Å². The zero-order chi connectivity index (χ0) is 23.5. The SMILES string of the molecule is COc1ccc(CN2C[C@]3(CC[C@](c4ccccc4)(N(C)C)CC3)N(CCC#N)C2=O)cc1. The Morgan fingerprint density at radius 3 is 2.27 bits per heavy atom. The van der Waals surface area contributed by atoms with Crippen LogP contribution in [0, 0.1) is 11.3 Å². The lowest BCUT2D eigenvalue weighted by molar-refractivity contribution is 0.0251. The zero-order valence-electron chi connectivity index (χ0n) is 20.0. The van der Waals surface area contributed by atoms with Crippen molar-refractivity contribution < 1.29 is 9.53 Å². The maximum atomic E-state index is 13.5. The van der Waals surface area contributed by atoms with E-state index in [9.17, 15) is 10.1 Å². The summed E-state index contributed by atoms with van der Waals surface area (Å²) in [5.74, 6) is 0.812. The van der Waals surface area contributed by atoms with Gasteiger partial charge in [0.2, 0.25) is 0 Å². The Kier molecular flexibility index (Phi) is 6.62. The van der Waals surface area contributed by atoms with Gasteiger partial charge in [0.25, 0.3) is 0 Å². The molecule has 1 saturated heterocycles. The highest BCUT2D eigenvalue weighted by atomic mass is 16.5. The van der Waals surface area contributed by atoms with Crippen molar-refractivity contribution in [3.05, 3.63) is 65.7 Å². The van der Waals surface area contributed by atoms with Gasteiger partial charge in [0, 0.05) is 25.2 Å². The summed E-state index contributed by atoms with van der Waals surface area (Å²) in [5.41, 5.74) is 2.19. The first-order chi connectivity index (χ1) is 15.9. The maximum absolute atomic E-state index is 13.5. The first-order valence-electron chi connectivity index (χ1n) is 11.7. The Hall–Kier alpha value is -3.04. The van der Waals surface area contributed by atoms with E-state index in [1.54, 1.807) is 7.11 Å². The molecule has 2 amide bonds. The van der Waals surface area contributed by atoms with Crippen LogP contribution in [0.1, 0.15) is 43.2 Å². The minimum absolute atomic E-state index is 0.0279. The topological polar surface area (TPSA) is 59.8 Å². The summed E-state index contributed by atoms with van der Waals surface area (Å²) in [4.78, 5) is 19.8. The van der Waals surface area contributed by atoms with E-state index in [4.69, 9.17) is 4.74 Å². The molecule has 0 atom stereocenters. The van der Waals surface area contributed by atoms with Crippen molar-refractivity contribution in [2.75, 3.05) is 34.3 Å². The fraction of sp³-hybridized carbons (Fsp3) is 0.481. The second-order valence-electron chi connectivity index (χ2n) is 9.56. The van der Waals surface area contributed by atoms with Gasteiger partial charge >= 0.3 is 6.03 Å². The molecular weight excluding hydrogens is 412 g/mol. The number of nitrogens with zero attached hydrogens (tertiary/aromatic N) is 4. The maximum Gasteiger partial charge on any atom is 0.320 e. The molecule has 6 nitrogen and oxygen atoms in total. The van der Waals surface area contributed by atoms with E-state index in [0.717, 1.165) is 37.0 Å². The number of urea groups is 1. The minimum atomic E-state index is -0.214. The Labute approximate surface area is 197 Å². The van der Waals surface area contributed by atoms with Gasteiger partial charge in [0.05, 0.1) is 25.1 Å². The first-order valence-corrected chi connectivity index (χ1v) is 11.7. The normalized spacial score (nSPS) is 25.0. The number of rotatable bonds is 7. The molecule has 1 aliphatic heterocycles. The average Bonchev–Trinajstić information content (AvgIpc) is 3.09. The van der Waals surface area contributed by atoms with E-state index < -0.39 is 0 Å². The van der Waals surface area contributed by atoms with E-state index >= 15 is 0 Å². The van der Waals surface area contributed by atoms with Crippen LogP contribution in [0.5, 0.6) is 5.75 Å². The quantitative estimate of drug-likeness (QED) is 0.623. The predicted octanol–water partition coefficient (Wildman–Crippen LogP) is 4.62. The number of ether oxygens (including phenoxy) is 1. The van der Waals surface area contributed by atoms with Gasteiger partial charge in [-0.05, 0) is 63.0 Å². The molecule has 4 rings (SSSR count). The van der Waals surface area contributed by atoms with E-state index in [0.29, 0.717) is 26.1 Å². The summed E-state index contributed by atoms with van der Waals surface area (Å²) in [6, 6.07) is 20.9. The van der Waals surface area contributed by atoms with E-state index in [1.165, 1.54) is 5.56 Å². The molecule has 1 spiro atoms. The largest absolute Gasteiger partial charge is 0.497 e. The summed E-state index contributed by atoms with van der Waals surface area (Å²) in [6.07, 6.45) is 4.18. The fourth-order valence-electron chi connectivity index (χ4n) is 5.75. The lowest BCUT2D eigenvalue weighted by Gasteiger charge is -2.51. The van der Waals surface area contributed by atoms with Gasteiger partial charge in [-0.3, -0.25) is 4.90 Å². The van der Waals surface area contributed by atoms with Gasteiger partial charge in [0.1, 0.15) is 5.75 Å². The Bertz CT molecular complexity index is 989. The molecule has 0 radical (unpaired) electrons. The molecule has 2 fully saturated rings. The molecular formula is C27H34N4O2. The highest BCUT2D eigenvalue weighted by Crippen LogP contribution is 2.49. The monoisotopic (exact) mass is 446 g/mol. The molecule has 2 aliphatic rings. The molecule has 2 aromatic carbocycles. The summed E-state index contributed by atoms with van der Waals surface area (Å²) >= 11 is 0. The van der Waals surface area contributed by atoms with Crippen LogP contribution < -0.4 is 4.74 Å². The lowest BCUT2D eigenvalue weighted by Crippen LogP contribution is -2.55. The van der Waals surface area contributed by atoms with Gasteiger partial charge in [0.15, 0.2) is 0 Å². The van der Waals surface area contributed by atoms with Gasteiger partial charge in [-0.15, -0.1) is 0 Å². The Morgan fingerprint density at radius 2 is 1.70 bits per heavy atom. The molecule has 1 aliphatic carbocycles. The highest BCUT2D eigenvalue weighted by molar-refractivity contribution is 5.78. The molecule has 0 bridgehead atoms. The van der Waals surface area contributed by atoms with Crippen LogP contribution in [0.15, 0.2) is 54.6 Å². The number of hydrogen-bond acceptors (Lipinski definition) is 4. The molecule has 0 unspecified atom stereocenters. The van der Waals surface area contributed by atoms with Crippen LogP contribution in [0.3, 0.4) is 0 Å². The zero-order valence-corrected chi connectivity index (χ0v) is 20.0. The molecule has 0 aromatic heterocycles. The van der Waals surface area contributed by atoms with Crippen molar-refractivity contribution >= 4 is 6.03 Å². The molecule has 2 aromatic rings. The standard InChI is InChI=1S/C27H34N4O2/c1-29(2)27(23-8-5-4-6-9-23)16-14-26(15-17-27)21-30(25(32)31(26)19-7-18-28)20-22-10-12-24(33-3)13-11-22/h4-6,8-13H,7,14-17,19-21H2,1-3H3/t26-,27+. The molecule has 1 saturated carbocycles. The molecule has 33 heavy (non-hydrogen) atoms. The van der Waals surface area contributed by atoms with Crippen molar-refractivity contribution in [1.29, 1.82) is 5.26 Å². The first kappa shape index (κ1) is 23.1. The fourth-order valence-corrected chi connectivity index (χ4v) is 5.75. The van der Waals surface area contributed by atoms with Crippen molar-refractivity contribution in [2.24, 2.45) is 0 Å². The lowest BCUT2D eigenvalue weighted by atomic mass is 9.68. The third-order valence-electron chi connectivity index (χ3n) is 7.71. The number of carbonyl (C=O) groups excluding carboxylic acids is 1. The molecule has 0 N–H and O–H groups in total. The van der Waals surface area contributed by atoms with Crippen molar-refractivity contribution in [1.82, 2.24) is 14.7 Å². The Morgan fingerprint density at radius 1 is 1.03 bits per heavy atom. The third kappa shape index (κ3) is 4.30. The number of nitriles is 1. The van der Waals surface area contributed by atoms with Crippen molar-refractivity contribution in [3.63, 3.8) is 0 Å². The van der Waals surface area contributed by atoms with Crippen LogP contribution in [0.2, 0.25) is 0 Å². The summed E-state index contributed by atoms with van der Waals surface area (Å²) in [7, 11) is 5.98. The van der Waals surface area contributed by atoms with Gasteiger partial charge in [-0.1, -0.05) is 42.5 Å². The number of carbonyl (C=O) groups is 1. The van der Waals surface area contributed by atoms with Gasteiger partial charge in [-0.2, -0.15) is 5.26 Å². The van der Waals surface area contributed by atoms with Crippen LogP contribution >= 0.6 is 0 Å². The molecule has 174 valence electrons. The molecule has 6 heteroatoms. The van der Waals surface area contributed by atoms with Crippen LogP contribution in [0.25, 0.3) is 0 Å². The smallest absolute Gasteiger partial charge is 0.320 e. The number of methoxy groups -OCH3 is 1. The second kappa shape index (κ2) is 9.44. The highest BCUT2D eigenvalue weighted by Gasteiger charge is 2.54. The third-order valence-corrected chi connectivity index (χ3v) is 7.71. The summed E-state index contributed by atoms with van der Waals surface area (Å²) in [5, 5.41) is 9.23. The molecule has 1 heterocycles. The van der Waals surface area contributed by atoms with Gasteiger partial charge in [-0.25, -0.2) is 4.79 Å². The van der Waals surface area contributed by atoms with E-state index in [2.05, 4.69) is 55.4 Å². The van der Waals surface area contributed by atoms with E-state index in [-0.39, 0.29) is 17.1 Å². The number of benzene rings is 2. The predicted molar refractivity (Wildman–Crippen MR) is 129 cm³/mol. The minimum Gasteiger partial charge on any atom is -0.497 e. The van der Waals surface area contributed by atoms with Gasteiger partial charge < -0.3 is 14.5 Å². The number of amides is 2. The van der Waals surface area contributed by atoms with Crippen LogP contribution in [-0.4, -0.2) is 60.6 Å². The Balaban J connectivity index is 1.57. The van der Waals surface area contributed by atoms with Crippen LogP contribution in [-0.2, 0) is 12.1 Å². The van der Waals surface area contributed by atoms with Crippen LogP contribution in [0.4, 0.5) is 4.79 Å². The van der Waals surface area contributed by atoms with Crippen molar-refractivity contribution in [3.8, 4) is 11.8 Å². The second-order valence-corrected chi connectivity index (χ2v) is 9.56. The summed E-state index contributed by atoms with van der Waals surface area (Å²) in [6.45, 7) is 1.78. The van der Waals surface area contributed by atoms with E-state index in [1.807, 2.05) is 34.1 Å². The average molecular weight is 447 g/mol. The summed E-state index contributed by atoms with van der Waals surface area (Å²) < 4.78 is 5.26.